The van der Waals surface area contributed by atoms with E-state index in [0.29, 0.717) is 5.69 Å². The van der Waals surface area contributed by atoms with Gasteiger partial charge in [-0.05, 0) is 24.3 Å². The van der Waals surface area contributed by atoms with E-state index in [0.717, 1.165) is 6.29 Å². The van der Waals surface area contributed by atoms with Gasteiger partial charge in [-0.2, -0.15) is 0 Å². The topological polar surface area (TPSA) is 37.8 Å². The monoisotopic (exact) mass is 176 g/mol. The number of rotatable bonds is 1. The van der Waals surface area contributed by atoms with E-state index in [1.165, 1.54) is 0 Å². The van der Waals surface area contributed by atoms with Crippen LogP contribution in [0, 0.1) is 0 Å². The molecule has 0 saturated carbocycles. The van der Waals surface area contributed by atoms with E-state index in [4.69, 9.17) is 0 Å². The third kappa shape index (κ3) is 2.99. The van der Waals surface area contributed by atoms with Crippen LogP contribution in [0.2, 0.25) is 0 Å². The van der Waals surface area contributed by atoms with Crippen molar-refractivity contribution in [1.82, 2.24) is 9.55 Å². The molecule has 0 bridgehead atoms. The molecule has 0 unspecified atom stereocenters. The second kappa shape index (κ2) is 4.98. The van der Waals surface area contributed by atoms with Gasteiger partial charge in [0.1, 0.15) is 0 Å². The predicted molar refractivity (Wildman–Crippen MR) is 51.6 cm³/mol. The molecular formula is C10H12N2O. The summed E-state index contributed by atoms with van der Waals surface area (Å²) in [6.45, 7) is 0. The maximum absolute atomic E-state index is 10.1. The molecule has 0 spiro atoms. The number of carbonyl (C=O) groups excluding carboxylic acids is 1. The number of aromatic amines is 1. The van der Waals surface area contributed by atoms with Gasteiger partial charge < -0.3 is 9.55 Å². The van der Waals surface area contributed by atoms with Crippen LogP contribution in [0.25, 0.3) is 0 Å². The van der Waals surface area contributed by atoms with Gasteiger partial charge in [-0.1, -0.05) is 0 Å². The SMILES string of the molecule is Cn1cccc1C=O.c1cc[nH]c1. The van der Waals surface area contributed by atoms with Gasteiger partial charge in [-0.25, -0.2) is 0 Å². The molecule has 3 heteroatoms. The zero-order valence-electron chi connectivity index (χ0n) is 7.47. The normalized spacial score (nSPS) is 8.69. The smallest absolute Gasteiger partial charge is 0.166 e. The Labute approximate surface area is 77.0 Å². The zero-order chi connectivity index (χ0) is 9.52. The standard InChI is InChI=1S/C6H7NO.C4H5N/c1-7-4-2-3-6(7)5-8;1-2-4-5-3-1/h2-5H,1H3;1-5H. The van der Waals surface area contributed by atoms with Gasteiger partial charge in [0.15, 0.2) is 6.29 Å². The highest BCUT2D eigenvalue weighted by Gasteiger charge is 1.89. The maximum atomic E-state index is 10.1. The quantitative estimate of drug-likeness (QED) is 0.661. The molecule has 0 saturated heterocycles. The molecule has 0 radical (unpaired) electrons. The number of aromatic nitrogens is 2. The lowest BCUT2D eigenvalue weighted by molar-refractivity contribution is 0.111. The molecule has 2 aromatic heterocycles. The summed E-state index contributed by atoms with van der Waals surface area (Å²) in [4.78, 5) is 12.9. The molecule has 0 aromatic carbocycles. The number of nitrogens with zero attached hydrogens (tertiary/aromatic N) is 1. The highest BCUT2D eigenvalue weighted by molar-refractivity contribution is 5.72. The molecule has 0 atom stereocenters. The lowest BCUT2D eigenvalue weighted by Crippen LogP contribution is -1.90. The van der Waals surface area contributed by atoms with Gasteiger partial charge in [0, 0.05) is 25.6 Å². The minimum atomic E-state index is 0.713. The Bertz CT molecular complexity index is 318. The van der Waals surface area contributed by atoms with Crippen molar-refractivity contribution in [3.63, 3.8) is 0 Å². The lowest BCUT2D eigenvalue weighted by atomic mass is 10.5. The first-order chi connectivity index (χ1) is 6.34. The summed E-state index contributed by atoms with van der Waals surface area (Å²) in [5.74, 6) is 0. The lowest BCUT2D eigenvalue weighted by Gasteiger charge is -1.88. The zero-order valence-corrected chi connectivity index (χ0v) is 7.47. The van der Waals surface area contributed by atoms with Crippen LogP contribution in [0.15, 0.2) is 42.9 Å². The molecule has 1 N–H and O–H groups in total. The fourth-order valence-corrected chi connectivity index (χ4v) is 0.875. The van der Waals surface area contributed by atoms with Gasteiger partial charge in [0.25, 0.3) is 0 Å². The second-order valence-electron chi connectivity index (χ2n) is 2.55. The van der Waals surface area contributed by atoms with E-state index >= 15 is 0 Å². The average molecular weight is 176 g/mol. The number of hydrogen-bond acceptors (Lipinski definition) is 1. The minimum Gasteiger partial charge on any atom is -0.368 e. The van der Waals surface area contributed by atoms with Gasteiger partial charge in [0.2, 0.25) is 0 Å². The molecular weight excluding hydrogens is 164 g/mol. The summed E-state index contributed by atoms with van der Waals surface area (Å²) in [6.07, 6.45) is 6.42. The summed E-state index contributed by atoms with van der Waals surface area (Å²) >= 11 is 0. The summed E-state index contributed by atoms with van der Waals surface area (Å²) in [5.41, 5.74) is 0.713. The molecule has 68 valence electrons. The molecule has 0 fully saturated rings. The largest absolute Gasteiger partial charge is 0.368 e. The van der Waals surface area contributed by atoms with Crippen LogP contribution in [0.1, 0.15) is 10.5 Å². The summed E-state index contributed by atoms with van der Waals surface area (Å²) in [5, 5.41) is 0. The molecule has 13 heavy (non-hydrogen) atoms. The van der Waals surface area contributed by atoms with Crippen molar-refractivity contribution in [2.75, 3.05) is 0 Å². The van der Waals surface area contributed by atoms with Crippen LogP contribution in [0.3, 0.4) is 0 Å². The van der Waals surface area contributed by atoms with Crippen LogP contribution in [-0.2, 0) is 7.05 Å². The molecule has 2 heterocycles. The first kappa shape index (κ1) is 9.32. The van der Waals surface area contributed by atoms with Crippen molar-refractivity contribution in [3.8, 4) is 0 Å². The van der Waals surface area contributed by atoms with Gasteiger partial charge in [0.05, 0.1) is 5.69 Å². The Hall–Kier alpha value is -1.77. The average Bonchev–Trinajstić information content (AvgIpc) is 2.76. The Morgan fingerprint density at radius 2 is 2.00 bits per heavy atom. The van der Waals surface area contributed by atoms with Crippen molar-refractivity contribution in [2.24, 2.45) is 7.05 Å². The van der Waals surface area contributed by atoms with Gasteiger partial charge >= 0.3 is 0 Å². The molecule has 0 aliphatic rings. The van der Waals surface area contributed by atoms with Crippen LogP contribution in [0.5, 0.6) is 0 Å². The van der Waals surface area contributed by atoms with Crippen LogP contribution in [-0.4, -0.2) is 15.8 Å². The van der Waals surface area contributed by atoms with E-state index in [-0.39, 0.29) is 0 Å². The first-order valence-electron chi connectivity index (χ1n) is 3.99. The Kier molecular flexibility index (Phi) is 3.57. The Morgan fingerprint density at radius 3 is 2.23 bits per heavy atom. The summed E-state index contributed by atoms with van der Waals surface area (Å²) in [7, 11) is 1.84. The summed E-state index contributed by atoms with van der Waals surface area (Å²) < 4.78 is 1.77. The minimum absolute atomic E-state index is 0.713. The highest BCUT2D eigenvalue weighted by atomic mass is 16.1. The van der Waals surface area contributed by atoms with E-state index < -0.39 is 0 Å². The Balaban J connectivity index is 0.000000145. The van der Waals surface area contributed by atoms with Crippen LogP contribution >= 0.6 is 0 Å². The molecule has 2 rings (SSSR count). The van der Waals surface area contributed by atoms with Crippen molar-refractivity contribution >= 4 is 6.29 Å². The Morgan fingerprint density at radius 1 is 1.31 bits per heavy atom. The van der Waals surface area contributed by atoms with Crippen molar-refractivity contribution in [2.45, 2.75) is 0 Å². The molecule has 2 aromatic rings. The number of hydrogen-bond donors (Lipinski definition) is 1. The second-order valence-corrected chi connectivity index (χ2v) is 2.55. The van der Waals surface area contributed by atoms with Crippen molar-refractivity contribution in [3.05, 3.63) is 48.5 Å². The van der Waals surface area contributed by atoms with Gasteiger partial charge in [-0.15, -0.1) is 0 Å². The number of aryl methyl sites for hydroxylation is 1. The van der Waals surface area contributed by atoms with E-state index in [1.807, 2.05) is 43.8 Å². The number of carbonyl (C=O) groups is 1. The number of nitrogens with one attached hydrogen (secondary N) is 1. The maximum Gasteiger partial charge on any atom is 0.166 e. The fourth-order valence-electron chi connectivity index (χ4n) is 0.875. The number of aldehydes is 1. The highest BCUT2D eigenvalue weighted by Crippen LogP contribution is 1.92. The van der Waals surface area contributed by atoms with Crippen molar-refractivity contribution in [1.29, 1.82) is 0 Å². The van der Waals surface area contributed by atoms with Crippen LogP contribution in [0.4, 0.5) is 0 Å². The molecule has 0 aliphatic heterocycles. The third-order valence-corrected chi connectivity index (χ3v) is 1.60. The van der Waals surface area contributed by atoms with Crippen LogP contribution < -0.4 is 0 Å². The first-order valence-corrected chi connectivity index (χ1v) is 3.99. The molecule has 3 nitrogen and oxygen atoms in total. The molecule has 0 amide bonds. The third-order valence-electron chi connectivity index (χ3n) is 1.60. The summed E-state index contributed by atoms with van der Waals surface area (Å²) in [6, 6.07) is 7.50. The number of H-pyrrole nitrogens is 1. The van der Waals surface area contributed by atoms with E-state index in [2.05, 4.69) is 4.98 Å². The van der Waals surface area contributed by atoms with Crippen molar-refractivity contribution < 1.29 is 4.79 Å². The predicted octanol–water partition coefficient (Wildman–Crippen LogP) is 1.85. The van der Waals surface area contributed by atoms with Gasteiger partial charge in [-0.3, -0.25) is 4.79 Å². The van der Waals surface area contributed by atoms with E-state index in [1.54, 1.807) is 10.6 Å². The fraction of sp³-hybridized carbons (Fsp3) is 0.100. The molecule has 0 aliphatic carbocycles. The van der Waals surface area contributed by atoms with E-state index in [9.17, 15) is 4.79 Å².